The van der Waals surface area contributed by atoms with Gasteiger partial charge >= 0.3 is 16.1 Å². The van der Waals surface area contributed by atoms with Crippen LogP contribution >= 0.6 is 22.6 Å². The number of benzene rings is 2. The van der Waals surface area contributed by atoms with Crippen LogP contribution in [0.1, 0.15) is 62.0 Å². The summed E-state index contributed by atoms with van der Waals surface area (Å²) < 4.78 is 37.8. The van der Waals surface area contributed by atoms with Gasteiger partial charge in [0, 0.05) is 47.8 Å². The first-order chi connectivity index (χ1) is 19.5. The van der Waals surface area contributed by atoms with Crippen molar-refractivity contribution in [3.05, 3.63) is 73.6 Å². The molecule has 9 nitrogen and oxygen atoms in total. The number of carboxylic acid groups (broad SMARTS) is 1. The SMILES string of the molecule is COc1cc(C2C3=C(CCCC3=O)N(CCC(=O)O)C3=C2C(=O)CCC3)cc(I)c1OS(=O)(=O)c1ccc(C)cc1. The summed E-state index contributed by atoms with van der Waals surface area (Å²) in [6.45, 7) is 2.04. The van der Waals surface area contributed by atoms with Crippen molar-refractivity contribution in [3.63, 3.8) is 0 Å². The Balaban J connectivity index is 1.63. The Hall–Kier alpha value is -3.19. The van der Waals surface area contributed by atoms with Crippen molar-refractivity contribution in [1.29, 1.82) is 0 Å². The summed E-state index contributed by atoms with van der Waals surface area (Å²) in [6.07, 6.45) is 3.06. The number of carbonyl (C=O) groups excluding carboxylic acids is 2. The molecule has 1 N–H and O–H groups in total. The van der Waals surface area contributed by atoms with Crippen molar-refractivity contribution in [3.8, 4) is 11.5 Å². The zero-order valence-electron chi connectivity index (χ0n) is 22.7. The number of aryl methyl sites for hydroxylation is 1. The van der Waals surface area contributed by atoms with Crippen LogP contribution in [0.15, 0.2) is 63.8 Å². The summed E-state index contributed by atoms with van der Waals surface area (Å²) >= 11 is 1.98. The molecule has 1 heterocycles. The molecule has 11 heteroatoms. The minimum absolute atomic E-state index is 0.00367. The highest BCUT2D eigenvalue weighted by Crippen LogP contribution is 2.51. The van der Waals surface area contributed by atoms with Gasteiger partial charge in [0.1, 0.15) is 4.90 Å². The molecule has 2 aliphatic carbocycles. The summed E-state index contributed by atoms with van der Waals surface area (Å²) in [7, 11) is -2.76. The second-order valence-corrected chi connectivity index (χ2v) is 13.1. The number of ether oxygens (including phenoxy) is 1. The van der Waals surface area contributed by atoms with Crippen molar-refractivity contribution in [2.24, 2.45) is 0 Å². The number of carbonyl (C=O) groups is 3. The van der Waals surface area contributed by atoms with Crippen LogP contribution in [-0.4, -0.2) is 49.6 Å². The fraction of sp³-hybridized carbons (Fsp3) is 0.367. The molecule has 0 atom stereocenters. The second kappa shape index (κ2) is 11.6. The third-order valence-corrected chi connectivity index (χ3v) is 9.76. The molecule has 0 unspecified atom stereocenters. The van der Waals surface area contributed by atoms with Crippen LogP contribution in [0.25, 0.3) is 0 Å². The molecule has 5 rings (SSSR count). The number of ketones is 2. The van der Waals surface area contributed by atoms with Crippen LogP contribution in [0, 0.1) is 10.5 Å². The Kier molecular flexibility index (Phi) is 8.29. The molecule has 0 saturated heterocycles. The van der Waals surface area contributed by atoms with E-state index < -0.39 is 22.0 Å². The van der Waals surface area contributed by atoms with E-state index >= 15 is 0 Å². The summed E-state index contributed by atoms with van der Waals surface area (Å²) in [5, 5.41) is 9.39. The predicted octanol–water partition coefficient (Wildman–Crippen LogP) is 5.26. The first kappa shape index (κ1) is 29.3. The number of aliphatic carboxylic acids is 1. The molecule has 216 valence electrons. The van der Waals surface area contributed by atoms with E-state index in [4.69, 9.17) is 8.92 Å². The lowest BCUT2D eigenvalue weighted by Gasteiger charge is -2.44. The maximum Gasteiger partial charge on any atom is 0.339 e. The first-order valence-electron chi connectivity index (χ1n) is 13.4. The van der Waals surface area contributed by atoms with E-state index in [-0.39, 0.29) is 40.9 Å². The quantitative estimate of drug-likeness (QED) is 0.291. The van der Waals surface area contributed by atoms with Gasteiger partial charge in [-0.15, -0.1) is 0 Å². The zero-order chi connectivity index (χ0) is 29.5. The molecule has 0 saturated carbocycles. The Bertz CT molecular complexity index is 1560. The summed E-state index contributed by atoms with van der Waals surface area (Å²) in [5.41, 5.74) is 4.10. The highest BCUT2D eigenvalue weighted by Gasteiger charge is 2.43. The first-order valence-corrected chi connectivity index (χ1v) is 15.9. The topological polar surface area (TPSA) is 127 Å². The van der Waals surface area contributed by atoms with Gasteiger partial charge in [0.05, 0.1) is 17.1 Å². The Morgan fingerprint density at radius 1 is 1.00 bits per heavy atom. The Morgan fingerprint density at radius 2 is 1.59 bits per heavy atom. The molecule has 2 aromatic rings. The monoisotopic (exact) mass is 691 g/mol. The number of Topliss-reactive ketones (excluding diaryl/α,β-unsaturated/α-hetero) is 2. The lowest BCUT2D eigenvalue weighted by atomic mass is 9.71. The molecule has 0 radical (unpaired) electrons. The maximum atomic E-state index is 13.5. The van der Waals surface area contributed by atoms with Crippen molar-refractivity contribution in [2.75, 3.05) is 13.7 Å². The van der Waals surface area contributed by atoms with Gasteiger partial charge in [-0.1, -0.05) is 17.7 Å². The zero-order valence-corrected chi connectivity index (χ0v) is 25.7. The fourth-order valence-corrected chi connectivity index (χ4v) is 7.72. The molecule has 3 aliphatic rings. The minimum Gasteiger partial charge on any atom is -0.493 e. The molecule has 0 bridgehead atoms. The molecular formula is C30H30INO8S. The third-order valence-electron chi connectivity index (χ3n) is 7.72. The lowest BCUT2D eigenvalue weighted by molar-refractivity contribution is -0.137. The Labute approximate surface area is 252 Å². The van der Waals surface area contributed by atoms with E-state index in [0.717, 1.165) is 17.0 Å². The number of carboxylic acids is 1. The van der Waals surface area contributed by atoms with E-state index in [1.54, 1.807) is 24.3 Å². The number of methoxy groups -OCH3 is 1. The van der Waals surface area contributed by atoms with Crippen molar-refractivity contribution in [1.82, 2.24) is 4.90 Å². The maximum absolute atomic E-state index is 13.5. The third kappa shape index (κ3) is 5.66. The Morgan fingerprint density at radius 3 is 2.12 bits per heavy atom. The molecule has 41 heavy (non-hydrogen) atoms. The predicted molar refractivity (Wildman–Crippen MR) is 158 cm³/mol. The van der Waals surface area contributed by atoms with Gasteiger partial charge in [0.15, 0.2) is 23.1 Å². The fourth-order valence-electron chi connectivity index (χ4n) is 5.88. The molecule has 2 aromatic carbocycles. The van der Waals surface area contributed by atoms with Crippen LogP contribution in [0.2, 0.25) is 0 Å². The van der Waals surface area contributed by atoms with E-state index in [1.165, 1.54) is 19.2 Å². The van der Waals surface area contributed by atoms with Crippen LogP contribution < -0.4 is 8.92 Å². The van der Waals surface area contributed by atoms with Crippen LogP contribution in [0.3, 0.4) is 0 Å². The van der Waals surface area contributed by atoms with Gasteiger partial charge in [0.2, 0.25) is 0 Å². The highest BCUT2D eigenvalue weighted by molar-refractivity contribution is 14.1. The second-order valence-electron chi connectivity index (χ2n) is 10.4. The minimum atomic E-state index is -4.17. The van der Waals surface area contributed by atoms with Gasteiger partial charge < -0.3 is 18.9 Å². The van der Waals surface area contributed by atoms with Crippen LogP contribution in [0.4, 0.5) is 0 Å². The van der Waals surface area contributed by atoms with E-state index in [0.29, 0.717) is 58.8 Å². The van der Waals surface area contributed by atoms with Gasteiger partial charge in [-0.3, -0.25) is 14.4 Å². The molecular weight excluding hydrogens is 661 g/mol. The molecule has 0 amide bonds. The van der Waals surface area contributed by atoms with E-state index in [1.807, 2.05) is 34.4 Å². The van der Waals surface area contributed by atoms with E-state index in [9.17, 15) is 27.9 Å². The van der Waals surface area contributed by atoms with Gasteiger partial charge in [0.25, 0.3) is 0 Å². The molecule has 1 aliphatic heterocycles. The van der Waals surface area contributed by atoms with Gasteiger partial charge in [-0.25, -0.2) is 0 Å². The summed E-state index contributed by atoms with van der Waals surface area (Å²) in [6, 6.07) is 9.69. The number of hydrogen-bond donors (Lipinski definition) is 1. The number of nitrogens with zero attached hydrogens (tertiary/aromatic N) is 1. The number of allylic oxidation sites excluding steroid dienone is 4. The largest absolute Gasteiger partial charge is 0.493 e. The van der Waals surface area contributed by atoms with Gasteiger partial charge in [-0.05, 0) is 85.0 Å². The standard InChI is InChI=1S/C30H30INO8S/c1-17-9-11-19(12-10-17)41(37,38)40-30-20(31)15-18(16-25(30)39-2)27-28-21(5-3-7-23(28)33)32(14-13-26(35)36)22-6-4-8-24(34)29(22)27/h9-12,15-16,27H,3-8,13-14H2,1-2H3,(H,35,36). The van der Waals surface area contributed by atoms with Crippen molar-refractivity contribution >= 4 is 50.2 Å². The van der Waals surface area contributed by atoms with Crippen molar-refractivity contribution < 1.29 is 36.8 Å². The molecule has 0 spiro atoms. The van der Waals surface area contributed by atoms with Crippen LogP contribution in [-0.2, 0) is 24.5 Å². The lowest BCUT2D eigenvalue weighted by Crippen LogP contribution is -2.40. The average molecular weight is 692 g/mol. The molecule has 0 fully saturated rings. The van der Waals surface area contributed by atoms with Crippen molar-refractivity contribution in [2.45, 2.75) is 62.7 Å². The number of hydrogen-bond acceptors (Lipinski definition) is 8. The van der Waals surface area contributed by atoms with Gasteiger partial charge in [-0.2, -0.15) is 8.42 Å². The summed E-state index contributed by atoms with van der Waals surface area (Å²) in [4.78, 5) is 40.3. The number of halogens is 1. The smallest absolute Gasteiger partial charge is 0.339 e. The number of rotatable bonds is 8. The average Bonchev–Trinajstić information content (AvgIpc) is 2.92. The van der Waals surface area contributed by atoms with Crippen LogP contribution in [0.5, 0.6) is 11.5 Å². The summed E-state index contributed by atoms with van der Waals surface area (Å²) in [5.74, 6) is -1.57. The molecule has 0 aromatic heterocycles. The highest BCUT2D eigenvalue weighted by atomic mass is 127. The normalized spacial score (nSPS) is 17.9. The van der Waals surface area contributed by atoms with E-state index in [2.05, 4.69) is 0 Å².